The van der Waals surface area contributed by atoms with Crippen LogP contribution in [0, 0.1) is 5.92 Å². The van der Waals surface area contributed by atoms with Crippen LogP contribution in [0.3, 0.4) is 0 Å². The van der Waals surface area contributed by atoms with E-state index in [0.717, 1.165) is 57.0 Å². The molecule has 4 rings (SSSR count). The summed E-state index contributed by atoms with van der Waals surface area (Å²) in [6.07, 6.45) is 9.50. The predicted molar refractivity (Wildman–Crippen MR) is 157 cm³/mol. The second kappa shape index (κ2) is 16.4. The lowest BCUT2D eigenvalue weighted by atomic mass is 10.0. The summed E-state index contributed by atoms with van der Waals surface area (Å²) in [7, 11) is 3.23. The standard InChI is InChI=1S/C32H47N3O6/c1-38-29-12-10-27(23-30(29)39-2)14-17-35(24-28-9-5-20-41-28)32(37)25-34(16-6-15-33-18-21-40-22-19-33)31(36)13-11-26-7-3-4-8-26/h5,9-10,12,20,23,26H,3-4,6-8,11,13-19,21-22,24-25H2,1-2H3. The van der Waals surface area contributed by atoms with Crippen LogP contribution in [0.15, 0.2) is 41.0 Å². The van der Waals surface area contributed by atoms with Crippen LogP contribution in [0.25, 0.3) is 0 Å². The Kier molecular flexibility index (Phi) is 12.4. The Morgan fingerprint density at radius 1 is 0.976 bits per heavy atom. The summed E-state index contributed by atoms with van der Waals surface area (Å²) in [4.78, 5) is 33.2. The van der Waals surface area contributed by atoms with Gasteiger partial charge in [0.1, 0.15) is 5.76 Å². The summed E-state index contributed by atoms with van der Waals surface area (Å²) in [5, 5.41) is 0. The number of morpholine rings is 1. The monoisotopic (exact) mass is 569 g/mol. The molecule has 2 aromatic rings. The smallest absolute Gasteiger partial charge is 0.242 e. The van der Waals surface area contributed by atoms with Gasteiger partial charge in [-0.25, -0.2) is 0 Å². The number of amides is 2. The van der Waals surface area contributed by atoms with E-state index in [4.69, 9.17) is 18.6 Å². The first-order valence-electron chi connectivity index (χ1n) is 15.1. The van der Waals surface area contributed by atoms with E-state index < -0.39 is 0 Å². The van der Waals surface area contributed by atoms with Crippen LogP contribution >= 0.6 is 0 Å². The molecule has 1 aromatic carbocycles. The molecule has 1 aromatic heterocycles. The molecule has 0 spiro atoms. The van der Waals surface area contributed by atoms with Gasteiger partial charge in [-0.3, -0.25) is 14.5 Å². The normalized spacial score (nSPS) is 16.0. The summed E-state index contributed by atoms with van der Waals surface area (Å²) in [5.41, 5.74) is 1.04. The highest BCUT2D eigenvalue weighted by molar-refractivity contribution is 5.84. The zero-order valence-corrected chi connectivity index (χ0v) is 24.9. The molecule has 9 heteroatoms. The first-order valence-corrected chi connectivity index (χ1v) is 15.1. The van der Waals surface area contributed by atoms with E-state index >= 15 is 0 Å². The molecule has 1 saturated carbocycles. The van der Waals surface area contributed by atoms with E-state index in [1.165, 1.54) is 25.7 Å². The Morgan fingerprint density at radius 3 is 2.46 bits per heavy atom. The second-order valence-corrected chi connectivity index (χ2v) is 11.1. The lowest BCUT2D eigenvalue weighted by Crippen LogP contribution is -2.44. The first-order chi connectivity index (χ1) is 20.1. The molecule has 0 atom stereocenters. The first kappa shape index (κ1) is 30.9. The third-order valence-electron chi connectivity index (χ3n) is 8.32. The van der Waals surface area contributed by atoms with Crippen molar-refractivity contribution in [2.24, 2.45) is 5.92 Å². The molecule has 2 aliphatic rings. The largest absolute Gasteiger partial charge is 0.493 e. The molecule has 9 nitrogen and oxygen atoms in total. The van der Waals surface area contributed by atoms with Crippen molar-refractivity contribution in [2.75, 3.05) is 66.7 Å². The molecule has 41 heavy (non-hydrogen) atoms. The van der Waals surface area contributed by atoms with Crippen molar-refractivity contribution >= 4 is 11.8 Å². The number of hydrogen-bond donors (Lipinski definition) is 0. The lowest BCUT2D eigenvalue weighted by molar-refractivity contribution is -0.141. The van der Waals surface area contributed by atoms with Crippen LogP contribution in [0.1, 0.15) is 56.3 Å². The Hall–Kier alpha value is -3.04. The Balaban J connectivity index is 1.40. The number of rotatable bonds is 16. The molecule has 2 amide bonds. The molecular weight excluding hydrogens is 522 g/mol. The van der Waals surface area contributed by atoms with E-state index in [-0.39, 0.29) is 18.4 Å². The predicted octanol–water partition coefficient (Wildman–Crippen LogP) is 4.39. The van der Waals surface area contributed by atoms with Crippen LogP contribution < -0.4 is 9.47 Å². The van der Waals surface area contributed by atoms with Gasteiger partial charge in [0, 0.05) is 39.1 Å². The van der Waals surface area contributed by atoms with Crippen LogP contribution in [0.4, 0.5) is 0 Å². The van der Waals surface area contributed by atoms with Gasteiger partial charge in [0.2, 0.25) is 11.8 Å². The summed E-state index contributed by atoms with van der Waals surface area (Å²) in [6.45, 7) is 5.76. The van der Waals surface area contributed by atoms with E-state index in [2.05, 4.69) is 4.90 Å². The minimum atomic E-state index is -0.0672. The molecule has 226 valence electrons. The third kappa shape index (κ3) is 9.78. The van der Waals surface area contributed by atoms with Gasteiger partial charge in [-0.15, -0.1) is 0 Å². The van der Waals surface area contributed by atoms with Gasteiger partial charge in [-0.2, -0.15) is 0 Å². The zero-order chi connectivity index (χ0) is 28.9. The van der Waals surface area contributed by atoms with Crippen molar-refractivity contribution in [3.8, 4) is 11.5 Å². The summed E-state index contributed by atoms with van der Waals surface area (Å²) in [5.74, 6) is 2.71. The molecule has 2 fully saturated rings. The number of carbonyl (C=O) groups excluding carboxylic acids is 2. The summed E-state index contributed by atoms with van der Waals surface area (Å²) in [6, 6.07) is 9.52. The topological polar surface area (TPSA) is 84.7 Å². The van der Waals surface area contributed by atoms with Crippen LogP contribution in [0.2, 0.25) is 0 Å². The summed E-state index contributed by atoms with van der Waals surface area (Å²) < 4.78 is 21.9. The molecule has 1 aliphatic heterocycles. The summed E-state index contributed by atoms with van der Waals surface area (Å²) >= 11 is 0. The van der Waals surface area contributed by atoms with E-state index in [9.17, 15) is 9.59 Å². The number of ether oxygens (including phenoxy) is 3. The van der Waals surface area contributed by atoms with Crippen LogP contribution in [0.5, 0.6) is 11.5 Å². The van der Waals surface area contributed by atoms with Gasteiger partial charge in [-0.05, 0) is 55.0 Å². The second-order valence-electron chi connectivity index (χ2n) is 11.1. The lowest BCUT2D eigenvalue weighted by Gasteiger charge is -2.30. The number of carbonyl (C=O) groups is 2. The molecule has 0 bridgehead atoms. The van der Waals surface area contributed by atoms with Crippen LogP contribution in [-0.4, -0.2) is 93.2 Å². The van der Waals surface area contributed by atoms with Crippen molar-refractivity contribution in [3.05, 3.63) is 47.9 Å². The average Bonchev–Trinajstić information content (AvgIpc) is 3.72. The van der Waals surface area contributed by atoms with E-state index in [1.807, 2.05) is 30.3 Å². The van der Waals surface area contributed by atoms with Crippen LogP contribution in [-0.2, 0) is 27.3 Å². The molecular formula is C32H47N3O6. The maximum atomic E-state index is 13.8. The van der Waals surface area contributed by atoms with Crippen molar-refractivity contribution in [2.45, 2.75) is 57.9 Å². The number of furan rings is 1. The molecule has 0 radical (unpaired) electrons. The van der Waals surface area contributed by atoms with Gasteiger partial charge < -0.3 is 28.4 Å². The van der Waals surface area contributed by atoms with Gasteiger partial charge >= 0.3 is 0 Å². The zero-order valence-electron chi connectivity index (χ0n) is 24.9. The maximum Gasteiger partial charge on any atom is 0.242 e. The fraction of sp³-hybridized carbons (Fsp3) is 0.625. The third-order valence-corrected chi connectivity index (χ3v) is 8.32. The van der Waals surface area contributed by atoms with E-state index in [1.54, 1.807) is 30.3 Å². The van der Waals surface area contributed by atoms with E-state index in [0.29, 0.717) is 49.9 Å². The van der Waals surface area contributed by atoms with Crippen molar-refractivity contribution in [3.63, 3.8) is 0 Å². The minimum Gasteiger partial charge on any atom is -0.493 e. The van der Waals surface area contributed by atoms with Gasteiger partial charge in [0.25, 0.3) is 0 Å². The molecule has 0 unspecified atom stereocenters. The van der Waals surface area contributed by atoms with Crippen molar-refractivity contribution in [1.29, 1.82) is 0 Å². The number of benzene rings is 1. The maximum absolute atomic E-state index is 13.8. The molecule has 1 saturated heterocycles. The fourth-order valence-corrected chi connectivity index (χ4v) is 5.83. The van der Waals surface area contributed by atoms with Crippen molar-refractivity contribution in [1.82, 2.24) is 14.7 Å². The number of hydrogen-bond acceptors (Lipinski definition) is 7. The molecule has 2 heterocycles. The fourth-order valence-electron chi connectivity index (χ4n) is 5.83. The average molecular weight is 570 g/mol. The molecule has 0 N–H and O–H groups in total. The highest BCUT2D eigenvalue weighted by Gasteiger charge is 2.24. The Bertz CT molecular complexity index is 1060. The minimum absolute atomic E-state index is 0.0672. The highest BCUT2D eigenvalue weighted by Crippen LogP contribution is 2.29. The Labute approximate surface area is 244 Å². The quantitative estimate of drug-likeness (QED) is 0.297. The number of methoxy groups -OCH3 is 2. The number of nitrogens with zero attached hydrogens (tertiary/aromatic N) is 3. The van der Waals surface area contributed by atoms with Crippen molar-refractivity contribution < 1.29 is 28.2 Å². The Morgan fingerprint density at radius 2 is 1.76 bits per heavy atom. The van der Waals surface area contributed by atoms with Gasteiger partial charge in [0.15, 0.2) is 11.5 Å². The van der Waals surface area contributed by atoms with Gasteiger partial charge in [-0.1, -0.05) is 31.7 Å². The highest BCUT2D eigenvalue weighted by atomic mass is 16.5. The molecule has 1 aliphatic carbocycles. The van der Waals surface area contributed by atoms with Gasteiger partial charge in [0.05, 0.1) is 46.8 Å². The SMILES string of the molecule is COc1ccc(CCN(Cc2ccco2)C(=O)CN(CCCN2CCOCC2)C(=O)CCC2CCCC2)cc1OC.